The third kappa shape index (κ3) is 3.91. The van der Waals surface area contributed by atoms with Crippen molar-refractivity contribution in [2.45, 2.75) is 6.18 Å². The molecule has 0 aliphatic heterocycles. The van der Waals surface area contributed by atoms with E-state index in [2.05, 4.69) is 15.0 Å². The summed E-state index contributed by atoms with van der Waals surface area (Å²) in [4.78, 5) is 12.8. The lowest BCUT2D eigenvalue weighted by atomic mass is 10.0. The van der Waals surface area contributed by atoms with Crippen LogP contribution in [0.3, 0.4) is 0 Å². The zero-order chi connectivity index (χ0) is 18.9. The summed E-state index contributed by atoms with van der Waals surface area (Å²) in [5.41, 5.74) is 1.60. The van der Waals surface area contributed by atoms with Crippen LogP contribution in [-0.4, -0.2) is 29.0 Å². The molecule has 26 heavy (non-hydrogen) atoms. The normalized spacial score (nSPS) is 11.4. The number of aromatic nitrogens is 3. The van der Waals surface area contributed by atoms with Crippen LogP contribution in [-0.2, 0) is 6.18 Å². The lowest BCUT2D eigenvalue weighted by molar-refractivity contribution is -0.137. The molecule has 8 heteroatoms. The molecule has 1 N–H and O–H groups in total. The Morgan fingerprint density at radius 2 is 1.77 bits per heavy atom. The van der Waals surface area contributed by atoms with Gasteiger partial charge in [-0.1, -0.05) is 18.2 Å². The van der Waals surface area contributed by atoms with E-state index in [0.29, 0.717) is 10.3 Å². The minimum Gasteiger partial charge on any atom is -0.363 e. The summed E-state index contributed by atoms with van der Waals surface area (Å²) in [7, 11) is 3.31. The Morgan fingerprint density at radius 3 is 2.42 bits per heavy atom. The second-order valence-electron chi connectivity index (χ2n) is 5.86. The fourth-order valence-electron chi connectivity index (χ4n) is 2.44. The molecule has 2 aromatic heterocycles. The number of rotatable bonds is 3. The van der Waals surface area contributed by atoms with Gasteiger partial charge in [0.15, 0.2) is 4.77 Å². The third-order valence-corrected chi connectivity index (χ3v) is 3.95. The first-order chi connectivity index (χ1) is 12.2. The molecule has 134 valence electrons. The highest BCUT2D eigenvalue weighted by Gasteiger charge is 2.32. The summed E-state index contributed by atoms with van der Waals surface area (Å²) in [6.07, 6.45) is -2.87. The van der Waals surface area contributed by atoms with Gasteiger partial charge in [0, 0.05) is 31.5 Å². The second kappa shape index (κ2) is 6.87. The van der Waals surface area contributed by atoms with Crippen molar-refractivity contribution >= 4 is 18.0 Å². The molecule has 0 saturated heterocycles. The first-order valence-corrected chi connectivity index (χ1v) is 8.07. The first kappa shape index (κ1) is 18.1. The number of H-pyrrole nitrogens is 1. The standard InChI is InChI=1S/C18H15F3N4S/c1-25(2)16-10-13(18(19,20)21)9-15(23-16)12-5-3-4-11(8-12)14-6-7-22-17(26)24-14/h3-10H,1-2H3,(H,22,24,26). The number of hydrogen-bond acceptors (Lipinski definition) is 4. The molecule has 2 heterocycles. The number of halogens is 3. The molecule has 0 spiro atoms. The van der Waals surface area contributed by atoms with Crippen LogP contribution in [0.4, 0.5) is 19.0 Å². The molecule has 0 radical (unpaired) electrons. The van der Waals surface area contributed by atoms with E-state index in [4.69, 9.17) is 12.2 Å². The van der Waals surface area contributed by atoms with Crippen molar-refractivity contribution in [3.63, 3.8) is 0 Å². The van der Waals surface area contributed by atoms with Gasteiger partial charge in [0.1, 0.15) is 5.82 Å². The van der Waals surface area contributed by atoms with Gasteiger partial charge in [-0.25, -0.2) is 9.97 Å². The maximum atomic E-state index is 13.2. The maximum Gasteiger partial charge on any atom is 0.416 e. The van der Waals surface area contributed by atoms with E-state index in [-0.39, 0.29) is 11.5 Å². The van der Waals surface area contributed by atoms with Crippen molar-refractivity contribution in [2.24, 2.45) is 0 Å². The predicted octanol–water partition coefficient (Wildman–Crippen LogP) is 4.95. The van der Waals surface area contributed by atoms with Crippen LogP contribution in [0.2, 0.25) is 0 Å². The summed E-state index contributed by atoms with van der Waals surface area (Å²) in [6, 6.07) is 10.9. The molecule has 0 atom stereocenters. The molecule has 0 fully saturated rings. The molecule has 3 rings (SSSR count). The number of nitrogens with one attached hydrogen (secondary N) is 1. The SMILES string of the molecule is CN(C)c1cc(C(F)(F)F)cc(-c2cccc(-c3ccnc(=S)[nH]3)c2)n1. The summed E-state index contributed by atoms with van der Waals surface area (Å²) in [5, 5.41) is 0. The average Bonchev–Trinajstić information content (AvgIpc) is 2.60. The molecule has 0 aliphatic carbocycles. The highest BCUT2D eigenvalue weighted by molar-refractivity contribution is 7.71. The van der Waals surface area contributed by atoms with Gasteiger partial charge < -0.3 is 9.88 Å². The van der Waals surface area contributed by atoms with E-state index < -0.39 is 11.7 Å². The van der Waals surface area contributed by atoms with E-state index in [9.17, 15) is 13.2 Å². The van der Waals surface area contributed by atoms with Crippen molar-refractivity contribution in [1.29, 1.82) is 0 Å². The number of aromatic amines is 1. The molecule has 0 bridgehead atoms. The number of alkyl halides is 3. The number of benzene rings is 1. The van der Waals surface area contributed by atoms with Crippen molar-refractivity contribution in [2.75, 3.05) is 19.0 Å². The molecule has 1 aromatic carbocycles. The fraction of sp³-hybridized carbons (Fsp3) is 0.167. The molecule has 0 saturated carbocycles. The van der Waals surface area contributed by atoms with Crippen LogP contribution >= 0.6 is 12.2 Å². The van der Waals surface area contributed by atoms with Crippen LogP contribution in [0.5, 0.6) is 0 Å². The molecule has 3 aromatic rings. The van der Waals surface area contributed by atoms with Crippen LogP contribution in [0.25, 0.3) is 22.5 Å². The number of pyridine rings is 1. The zero-order valence-electron chi connectivity index (χ0n) is 14.0. The maximum absolute atomic E-state index is 13.2. The fourth-order valence-corrected chi connectivity index (χ4v) is 2.61. The van der Waals surface area contributed by atoms with Gasteiger partial charge in [-0.3, -0.25) is 0 Å². The quantitative estimate of drug-likeness (QED) is 0.657. The van der Waals surface area contributed by atoms with Crippen molar-refractivity contribution in [3.8, 4) is 22.5 Å². The molecule has 0 amide bonds. The van der Waals surface area contributed by atoms with Gasteiger partial charge in [-0.05, 0) is 42.0 Å². The van der Waals surface area contributed by atoms with Gasteiger partial charge in [-0.15, -0.1) is 0 Å². The predicted molar refractivity (Wildman–Crippen MR) is 97.4 cm³/mol. The Bertz CT molecular complexity index is 996. The van der Waals surface area contributed by atoms with Gasteiger partial charge in [0.2, 0.25) is 0 Å². The Hall–Kier alpha value is -2.74. The molecule has 0 unspecified atom stereocenters. The highest BCUT2D eigenvalue weighted by atomic mass is 32.1. The largest absolute Gasteiger partial charge is 0.416 e. The Kier molecular flexibility index (Phi) is 4.78. The second-order valence-corrected chi connectivity index (χ2v) is 6.25. The van der Waals surface area contributed by atoms with Gasteiger partial charge in [-0.2, -0.15) is 13.2 Å². The van der Waals surface area contributed by atoms with Gasteiger partial charge in [0.05, 0.1) is 11.3 Å². The molecular weight excluding hydrogens is 361 g/mol. The van der Waals surface area contributed by atoms with Crippen molar-refractivity contribution in [3.05, 3.63) is 59.0 Å². The lowest BCUT2D eigenvalue weighted by Crippen LogP contribution is -2.14. The Labute approximate surface area is 153 Å². The van der Waals surface area contributed by atoms with Crippen LogP contribution in [0.15, 0.2) is 48.7 Å². The monoisotopic (exact) mass is 376 g/mol. The molecular formula is C18H15F3N4S. The highest BCUT2D eigenvalue weighted by Crippen LogP contribution is 2.34. The molecule has 0 aliphatic rings. The smallest absolute Gasteiger partial charge is 0.363 e. The van der Waals surface area contributed by atoms with Crippen molar-refractivity contribution < 1.29 is 13.2 Å². The zero-order valence-corrected chi connectivity index (χ0v) is 14.8. The minimum absolute atomic E-state index is 0.239. The topological polar surface area (TPSA) is 44.8 Å². The third-order valence-electron chi connectivity index (χ3n) is 3.74. The first-order valence-electron chi connectivity index (χ1n) is 7.67. The number of anilines is 1. The van der Waals surface area contributed by atoms with Gasteiger partial charge >= 0.3 is 6.18 Å². The van der Waals surface area contributed by atoms with E-state index in [1.54, 1.807) is 49.5 Å². The van der Waals surface area contributed by atoms with Crippen LogP contribution in [0, 0.1) is 4.77 Å². The summed E-state index contributed by atoms with van der Waals surface area (Å²) < 4.78 is 40.1. The number of hydrogen-bond donors (Lipinski definition) is 1. The van der Waals surface area contributed by atoms with Crippen LogP contribution in [0.1, 0.15) is 5.56 Å². The molecule has 4 nitrogen and oxygen atoms in total. The van der Waals surface area contributed by atoms with Crippen LogP contribution < -0.4 is 4.90 Å². The number of nitrogens with zero attached hydrogens (tertiary/aromatic N) is 3. The Morgan fingerprint density at radius 1 is 1.04 bits per heavy atom. The lowest BCUT2D eigenvalue weighted by Gasteiger charge is -2.16. The van der Waals surface area contributed by atoms with E-state index in [0.717, 1.165) is 23.4 Å². The van der Waals surface area contributed by atoms with Crippen molar-refractivity contribution in [1.82, 2.24) is 15.0 Å². The Balaban J connectivity index is 2.13. The summed E-state index contributed by atoms with van der Waals surface area (Å²) in [6.45, 7) is 0. The van der Waals surface area contributed by atoms with E-state index >= 15 is 0 Å². The van der Waals surface area contributed by atoms with E-state index in [1.165, 1.54) is 0 Å². The summed E-state index contributed by atoms with van der Waals surface area (Å²) in [5.74, 6) is 0.239. The summed E-state index contributed by atoms with van der Waals surface area (Å²) >= 11 is 5.02. The van der Waals surface area contributed by atoms with Gasteiger partial charge in [0.25, 0.3) is 0 Å². The van der Waals surface area contributed by atoms with E-state index in [1.807, 2.05) is 6.07 Å². The minimum atomic E-state index is -4.45. The average molecular weight is 376 g/mol.